The average Bonchev–Trinajstić information content (AvgIpc) is 3.14. The monoisotopic (exact) mass is 318 g/mol. The number of likely N-dealkylation sites (tertiary alicyclic amines) is 1. The Morgan fingerprint density at radius 3 is 2.70 bits per heavy atom. The highest BCUT2D eigenvalue weighted by Gasteiger charge is 2.15. The van der Waals surface area contributed by atoms with Crippen LogP contribution in [0.15, 0.2) is 20.9 Å². The second kappa shape index (κ2) is 6.02. The molecule has 2 aromatic rings. The van der Waals surface area contributed by atoms with Gasteiger partial charge in [-0.05, 0) is 12.8 Å². The highest BCUT2D eigenvalue weighted by Crippen LogP contribution is 2.10. The Hall–Kier alpha value is -2.38. The second-order valence-electron chi connectivity index (χ2n) is 5.99. The number of amidine groups is 1. The molecule has 0 N–H and O–H groups in total. The highest BCUT2D eigenvalue weighted by atomic mass is 16.2. The van der Waals surface area contributed by atoms with Crippen molar-refractivity contribution in [1.82, 2.24) is 23.6 Å². The van der Waals surface area contributed by atoms with Gasteiger partial charge in [-0.3, -0.25) is 18.9 Å². The Morgan fingerprint density at radius 1 is 1.22 bits per heavy atom. The van der Waals surface area contributed by atoms with Gasteiger partial charge in [-0.2, -0.15) is 0 Å². The molecule has 0 bridgehead atoms. The molecular formula is C15H22N6O2. The molecule has 1 aliphatic heterocycles. The zero-order valence-electron chi connectivity index (χ0n) is 13.8. The van der Waals surface area contributed by atoms with E-state index in [1.54, 1.807) is 13.4 Å². The number of rotatable bonds is 4. The molecule has 0 saturated carbocycles. The average molecular weight is 318 g/mol. The summed E-state index contributed by atoms with van der Waals surface area (Å²) in [6.45, 7) is 2.46. The molecule has 124 valence electrons. The van der Waals surface area contributed by atoms with Crippen LogP contribution in [0, 0.1) is 0 Å². The van der Waals surface area contributed by atoms with Crippen LogP contribution in [0.3, 0.4) is 0 Å². The third-order valence-electron chi connectivity index (χ3n) is 4.40. The van der Waals surface area contributed by atoms with E-state index < -0.39 is 0 Å². The van der Waals surface area contributed by atoms with Gasteiger partial charge < -0.3 is 9.47 Å². The maximum Gasteiger partial charge on any atom is 0.332 e. The van der Waals surface area contributed by atoms with Crippen LogP contribution >= 0.6 is 0 Å². The highest BCUT2D eigenvalue weighted by molar-refractivity contribution is 5.83. The molecule has 1 saturated heterocycles. The maximum atomic E-state index is 12.3. The van der Waals surface area contributed by atoms with E-state index in [-0.39, 0.29) is 11.2 Å². The summed E-state index contributed by atoms with van der Waals surface area (Å²) in [5.74, 6) is 1.17. The number of fused-ring (bicyclic) bond motifs is 1. The van der Waals surface area contributed by atoms with E-state index in [2.05, 4.69) is 21.9 Å². The molecule has 0 amide bonds. The van der Waals surface area contributed by atoms with Crippen molar-refractivity contribution in [3.63, 3.8) is 0 Å². The molecule has 0 aromatic carbocycles. The van der Waals surface area contributed by atoms with Gasteiger partial charge in [-0.1, -0.05) is 0 Å². The maximum absolute atomic E-state index is 12.3. The summed E-state index contributed by atoms with van der Waals surface area (Å²) < 4.78 is 4.34. The lowest BCUT2D eigenvalue weighted by Crippen LogP contribution is -2.37. The second-order valence-corrected chi connectivity index (χ2v) is 5.99. The third kappa shape index (κ3) is 2.69. The summed E-state index contributed by atoms with van der Waals surface area (Å²) in [5.41, 5.74) is 0.242. The molecule has 3 heterocycles. The van der Waals surface area contributed by atoms with E-state index in [0.29, 0.717) is 17.7 Å². The van der Waals surface area contributed by atoms with Crippen molar-refractivity contribution >= 4 is 17.0 Å². The first-order chi connectivity index (χ1) is 11.0. The molecule has 0 spiro atoms. The fourth-order valence-electron chi connectivity index (χ4n) is 3.01. The lowest BCUT2D eigenvalue weighted by molar-refractivity contribution is 0.545. The van der Waals surface area contributed by atoms with Crippen molar-refractivity contribution in [3.05, 3.63) is 27.2 Å². The quantitative estimate of drug-likeness (QED) is 0.741. The first-order valence-corrected chi connectivity index (χ1v) is 7.86. The number of nitrogens with zero attached hydrogens (tertiary/aromatic N) is 6. The minimum atomic E-state index is -0.358. The summed E-state index contributed by atoms with van der Waals surface area (Å²) >= 11 is 0. The predicted octanol–water partition coefficient (Wildman–Crippen LogP) is -0.0521. The van der Waals surface area contributed by atoms with E-state index in [4.69, 9.17) is 0 Å². The van der Waals surface area contributed by atoms with Crippen molar-refractivity contribution in [2.75, 3.05) is 20.1 Å². The van der Waals surface area contributed by atoms with Crippen LogP contribution in [-0.4, -0.2) is 49.6 Å². The van der Waals surface area contributed by atoms with Crippen LogP contribution in [-0.2, 0) is 20.6 Å². The Balaban J connectivity index is 1.79. The SMILES string of the molecule is CN1CCCC1=NCCCn1cnc2c1c(=O)n(C)c(=O)n2C. The van der Waals surface area contributed by atoms with E-state index in [1.165, 1.54) is 23.9 Å². The first-order valence-electron chi connectivity index (χ1n) is 7.86. The van der Waals surface area contributed by atoms with E-state index >= 15 is 0 Å². The fourth-order valence-corrected chi connectivity index (χ4v) is 3.01. The molecule has 23 heavy (non-hydrogen) atoms. The van der Waals surface area contributed by atoms with Crippen LogP contribution in [0.2, 0.25) is 0 Å². The Labute approximate surface area is 133 Å². The van der Waals surface area contributed by atoms with Gasteiger partial charge in [0, 0.05) is 47.2 Å². The number of hydrogen-bond acceptors (Lipinski definition) is 4. The van der Waals surface area contributed by atoms with Gasteiger partial charge in [0.2, 0.25) is 0 Å². The van der Waals surface area contributed by atoms with Crippen molar-refractivity contribution < 1.29 is 0 Å². The van der Waals surface area contributed by atoms with Crippen LogP contribution in [0.5, 0.6) is 0 Å². The topological polar surface area (TPSA) is 77.4 Å². The molecule has 0 aliphatic carbocycles. The zero-order valence-corrected chi connectivity index (χ0v) is 13.8. The minimum absolute atomic E-state index is 0.303. The summed E-state index contributed by atoms with van der Waals surface area (Å²) in [6, 6.07) is 0. The Morgan fingerprint density at radius 2 is 2.00 bits per heavy atom. The predicted molar refractivity (Wildman–Crippen MR) is 89.0 cm³/mol. The van der Waals surface area contributed by atoms with Crippen molar-refractivity contribution in [2.45, 2.75) is 25.8 Å². The summed E-state index contributed by atoms with van der Waals surface area (Å²) in [6.07, 6.45) is 4.67. The van der Waals surface area contributed by atoms with Gasteiger partial charge in [-0.15, -0.1) is 0 Å². The smallest absolute Gasteiger partial charge is 0.332 e. The van der Waals surface area contributed by atoms with Crippen LogP contribution in [0.1, 0.15) is 19.3 Å². The molecule has 3 rings (SSSR count). The van der Waals surface area contributed by atoms with Gasteiger partial charge in [0.15, 0.2) is 11.2 Å². The molecule has 2 aromatic heterocycles. The molecule has 0 unspecified atom stereocenters. The van der Waals surface area contributed by atoms with E-state index in [9.17, 15) is 9.59 Å². The number of aliphatic imine (C=N–C) groups is 1. The molecule has 0 atom stereocenters. The number of aryl methyl sites for hydroxylation is 2. The molecule has 1 aliphatic rings. The molecule has 1 fully saturated rings. The Bertz CT molecular complexity index is 872. The molecule has 0 radical (unpaired) electrons. The number of hydrogen-bond donors (Lipinski definition) is 0. The lowest BCUT2D eigenvalue weighted by atomic mass is 10.3. The van der Waals surface area contributed by atoms with Crippen molar-refractivity contribution in [1.29, 1.82) is 0 Å². The van der Waals surface area contributed by atoms with Gasteiger partial charge in [0.1, 0.15) is 0 Å². The molecular weight excluding hydrogens is 296 g/mol. The summed E-state index contributed by atoms with van der Waals surface area (Å²) in [5, 5.41) is 0. The van der Waals surface area contributed by atoms with Crippen molar-refractivity contribution in [3.8, 4) is 0 Å². The van der Waals surface area contributed by atoms with Crippen LogP contribution in [0.4, 0.5) is 0 Å². The minimum Gasteiger partial charge on any atom is -0.363 e. The number of imidazole rings is 1. The van der Waals surface area contributed by atoms with Crippen LogP contribution < -0.4 is 11.2 Å². The lowest BCUT2D eigenvalue weighted by Gasteiger charge is -2.11. The third-order valence-corrected chi connectivity index (χ3v) is 4.40. The van der Waals surface area contributed by atoms with Gasteiger partial charge >= 0.3 is 5.69 Å². The van der Waals surface area contributed by atoms with Gasteiger partial charge in [0.25, 0.3) is 5.56 Å². The van der Waals surface area contributed by atoms with Gasteiger partial charge in [0.05, 0.1) is 12.2 Å². The van der Waals surface area contributed by atoms with Crippen molar-refractivity contribution in [2.24, 2.45) is 19.1 Å². The number of aromatic nitrogens is 4. The summed E-state index contributed by atoms with van der Waals surface area (Å²) in [7, 11) is 5.19. The normalized spacial score (nSPS) is 16.8. The van der Waals surface area contributed by atoms with Crippen LogP contribution in [0.25, 0.3) is 11.2 Å². The molecule has 8 nitrogen and oxygen atoms in total. The molecule has 8 heteroatoms. The largest absolute Gasteiger partial charge is 0.363 e. The first kappa shape index (κ1) is 15.5. The summed E-state index contributed by atoms with van der Waals surface area (Å²) in [4.78, 5) is 35.3. The van der Waals surface area contributed by atoms with E-state index in [1.807, 2.05) is 4.57 Å². The van der Waals surface area contributed by atoms with Gasteiger partial charge in [-0.25, -0.2) is 9.78 Å². The zero-order chi connectivity index (χ0) is 16.6. The Kier molecular flexibility index (Phi) is 4.06. The van der Waals surface area contributed by atoms with E-state index in [0.717, 1.165) is 30.5 Å². The fraction of sp³-hybridized carbons (Fsp3) is 0.600. The standard InChI is InChI=1S/C15H22N6O2/c1-18-8-4-6-11(18)16-7-5-9-21-10-17-13-12(21)14(22)20(3)15(23)19(13)2/h10H,4-9H2,1-3H3.